The van der Waals surface area contributed by atoms with E-state index in [1.165, 1.54) is 0 Å². The minimum absolute atomic E-state index is 0.234. The first-order chi connectivity index (χ1) is 14.1. The van der Waals surface area contributed by atoms with Crippen LogP contribution < -0.4 is 15.4 Å². The smallest absolute Gasteiger partial charge is 0.274 e. The second-order valence-electron chi connectivity index (χ2n) is 6.32. The Hall–Kier alpha value is -3.92. The summed E-state index contributed by atoms with van der Waals surface area (Å²) in [5, 5.41) is 15.1. The van der Waals surface area contributed by atoms with Crippen LogP contribution in [0.2, 0.25) is 0 Å². The van der Waals surface area contributed by atoms with Crippen LogP contribution in [0.1, 0.15) is 27.4 Å². The van der Waals surface area contributed by atoms with Gasteiger partial charge < -0.3 is 15.4 Å². The first-order valence-corrected chi connectivity index (χ1v) is 9.12. The van der Waals surface area contributed by atoms with E-state index in [4.69, 9.17) is 10.00 Å². The summed E-state index contributed by atoms with van der Waals surface area (Å²) in [4.78, 5) is 21.1. The number of carbonyl (C=O) groups excluding carboxylic acids is 1. The molecule has 146 valence electrons. The van der Waals surface area contributed by atoms with Gasteiger partial charge in [0, 0.05) is 12.6 Å². The number of carbonyl (C=O) groups is 1. The molecule has 0 radical (unpaired) electrons. The molecule has 2 aromatic carbocycles. The van der Waals surface area contributed by atoms with Crippen LogP contribution in [-0.2, 0) is 6.42 Å². The maximum atomic E-state index is 12.6. The first kappa shape index (κ1) is 19.8. The van der Waals surface area contributed by atoms with Crippen molar-refractivity contribution in [3.05, 3.63) is 77.2 Å². The monoisotopic (exact) mass is 387 g/mol. The lowest BCUT2D eigenvalue weighted by Gasteiger charge is -2.10. The molecule has 3 aromatic rings. The van der Waals surface area contributed by atoms with Gasteiger partial charge in [-0.05, 0) is 43.2 Å². The number of para-hydroxylation sites is 1. The number of anilines is 2. The average molecular weight is 387 g/mol. The lowest BCUT2D eigenvalue weighted by Crippen LogP contribution is -2.17. The van der Waals surface area contributed by atoms with Crippen molar-refractivity contribution in [2.45, 2.75) is 13.3 Å². The number of ether oxygens (including phenoxy) is 1. The summed E-state index contributed by atoms with van der Waals surface area (Å²) in [7, 11) is 1.64. The molecule has 0 saturated heterocycles. The molecule has 2 N–H and O–H groups in total. The molecule has 0 fully saturated rings. The van der Waals surface area contributed by atoms with E-state index in [1.54, 1.807) is 44.4 Å². The molecule has 0 bridgehead atoms. The summed E-state index contributed by atoms with van der Waals surface area (Å²) >= 11 is 0. The Morgan fingerprint density at radius 3 is 2.62 bits per heavy atom. The van der Waals surface area contributed by atoms with Crippen LogP contribution in [0.4, 0.5) is 11.5 Å². The Balaban J connectivity index is 1.65. The molecule has 3 rings (SSSR count). The number of nitriles is 1. The Bertz CT molecular complexity index is 1040. The van der Waals surface area contributed by atoms with Crippen LogP contribution in [0.5, 0.6) is 5.75 Å². The molecule has 0 aliphatic rings. The molecule has 0 unspecified atom stereocenters. The zero-order valence-corrected chi connectivity index (χ0v) is 16.3. The van der Waals surface area contributed by atoms with Gasteiger partial charge in [0.15, 0.2) is 0 Å². The Labute approximate surface area is 169 Å². The van der Waals surface area contributed by atoms with E-state index in [0.717, 1.165) is 17.7 Å². The maximum absolute atomic E-state index is 12.6. The predicted molar refractivity (Wildman–Crippen MR) is 111 cm³/mol. The molecule has 0 spiro atoms. The van der Waals surface area contributed by atoms with E-state index in [9.17, 15) is 4.79 Å². The largest absolute Gasteiger partial charge is 0.497 e. The van der Waals surface area contributed by atoms with Crippen LogP contribution in [-0.4, -0.2) is 29.5 Å². The highest BCUT2D eigenvalue weighted by molar-refractivity contribution is 6.03. The Morgan fingerprint density at radius 1 is 1.14 bits per heavy atom. The minimum atomic E-state index is -0.392. The van der Waals surface area contributed by atoms with Crippen LogP contribution in [0.25, 0.3) is 0 Å². The third kappa shape index (κ3) is 5.30. The lowest BCUT2D eigenvalue weighted by atomic mass is 10.1. The molecular formula is C22H21N5O2. The molecule has 0 saturated carbocycles. The zero-order valence-electron chi connectivity index (χ0n) is 16.3. The number of rotatable bonds is 7. The molecule has 0 aliphatic carbocycles. The zero-order chi connectivity index (χ0) is 20.6. The van der Waals surface area contributed by atoms with Crippen molar-refractivity contribution in [1.29, 1.82) is 5.26 Å². The highest BCUT2D eigenvalue weighted by Crippen LogP contribution is 2.16. The van der Waals surface area contributed by atoms with Gasteiger partial charge >= 0.3 is 0 Å². The molecular weight excluding hydrogens is 366 g/mol. The normalized spacial score (nSPS) is 10.1. The number of nitrogens with zero attached hydrogens (tertiary/aromatic N) is 3. The third-order valence-corrected chi connectivity index (χ3v) is 4.25. The second kappa shape index (κ2) is 9.33. The van der Waals surface area contributed by atoms with Crippen LogP contribution in [0.3, 0.4) is 0 Å². The summed E-state index contributed by atoms with van der Waals surface area (Å²) in [5.41, 5.74) is 2.24. The highest BCUT2D eigenvalue weighted by Gasteiger charge is 2.12. The summed E-state index contributed by atoms with van der Waals surface area (Å²) in [6.45, 7) is 2.38. The van der Waals surface area contributed by atoms with Gasteiger partial charge in [-0.3, -0.25) is 4.79 Å². The average Bonchev–Trinajstić information content (AvgIpc) is 2.74. The molecule has 7 heteroatoms. The van der Waals surface area contributed by atoms with E-state index in [1.807, 2.05) is 24.3 Å². The number of benzene rings is 2. The molecule has 0 aliphatic heterocycles. The van der Waals surface area contributed by atoms with Gasteiger partial charge in [-0.1, -0.05) is 24.3 Å². The van der Waals surface area contributed by atoms with Gasteiger partial charge in [0.1, 0.15) is 29.2 Å². The first-order valence-electron chi connectivity index (χ1n) is 9.12. The number of aromatic nitrogens is 2. The molecule has 1 aromatic heterocycles. The predicted octanol–water partition coefficient (Wildman–Crippen LogP) is 3.57. The van der Waals surface area contributed by atoms with Gasteiger partial charge in [0.25, 0.3) is 5.91 Å². The molecule has 29 heavy (non-hydrogen) atoms. The van der Waals surface area contributed by atoms with Crippen molar-refractivity contribution >= 4 is 17.4 Å². The topological polar surface area (TPSA) is 99.9 Å². The highest BCUT2D eigenvalue weighted by atomic mass is 16.5. The van der Waals surface area contributed by atoms with E-state index in [0.29, 0.717) is 29.4 Å². The molecule has 1 amide bonds. The fourth-order valence-corrected chi connectivity index (χ4v) is 2.78. The summed E-state index contributed by atoms with van der Waals surface area (Å²) in [6.07, 6.45) is 0.796. The maximum Gasteiger partial charge on any atom is 0.274 e. The third-order valence-electron chi connectivity index (χ3n) is 4.25. The summed E-state index contributed by atoms with van der Waals surface area (Å²) in [6, 6.07) is 18.4. The quantitative estimate of drug-likeness (QED) is 0.643. The van der Waals surface area contributed by atoms with Crippen molar-refractivity contribution in [1.82, 2.24) is 9.97 Å². The van der Waals surface area contributed by atoms with Crippen molar-refractivity contribution in [3.63, 3.8) is 0 Å². The minimum Gasteiger partial charge on any atom is -0.497 e. The fourth-order valence-electron chi connectivity index (χ4n) is 2.78. The van der Waals surface area contributed by atoms with Crippen molar-refractivity contribution in [2.24, 2.45) is 0 Å². The second-order valence-corrected chi connectivity index (χ2v) is 6.32. The van der Waals surface area contributed by atoms with Gasteiger partial charge in [-0.25, -0.2) is 9.97 Å². The van der Waals surface area contributed by atoms with Gasteiger partial charge in [0.2, 0.25) is 0 Å². The molecule has 1 heterocycles. The van der Waals surface area contributed by atoms with Crippen LogP contribution >= 0.6 is 0 Å². The van der Waals surface area contributed by atoms with E-state index in [-0.39, 0.29) is 5.69 Å². The molecule has 0 atom stereocenters. The number of methoxy groups -OCH3 is 1. The molecule has 7 nitrogen and oxygen atoms in total. The van der Waals surface area contributed by atoms with Crippen molar-refractivity contribution in [3.8, 4) is 11.8 Å². The number of hydrogen-bond donors (Lipinski definition) is 2. The van der Waals surface area contributed by atoms with Crippen LogP contribution in [0, 0.1) is 18.3 Å². The van der Waals surface area contributed by atoms with Crippen molar-refractivity contribution < 1.29 is 9.53 Å². The fraction of sp³-hybridized carbons (Fsp3) is 0.182. The number of amides is 1. The van der Waals surface area contributed by atoms with E-state index < -0.39 is 5.91 Å². The van der Waals surface area contributed by atoms with Crippen molar-refractivity contribution in [2.75, 3.05) is 24.3 Å². The summed E-state index contributed by atoms with van der Waals surface area (Å²) < 4.78 is 5.16. The van der Waals surface area contributed by atoms with Gasteiger partial charge in [-0.2, -0.15) is 5.26 Å². The van der Waals surface area contributed by atoms with Gasteiger partial charge in [-0.15, -0.1) is 0 Å². The Kier molecular flexibility index (Phi) is 6.38. The van der Waals surface area contributed by atoms with E-state index >= 15 is 0 Å². The standard InChI is InChI=1S/C22H21N5O2/c1-15-25-20(22(28)27-19-6-4-3-5-17(19)14-23)13-21(26-15)24-12-11-16-7-9-18(29-2)10-8-16/h3-10,13H,11-12H2,1-2H3,(H,27,28)(H,24,25,26). The van der Waals surface area contributed by atoms with Crippen LogP contribution in [0.15, 0.2) is 54.6 Å². The SMILES string of the molecule is COc1ccc(CCNc2cc(C(=O)Nc3ccccc3C#N)nc(C)n2)cc1. The summed E-state index contributed by atoms with van der Waals surface area (Å²) in [5.74, 6) is 1.49. The Morgan fingerprint density at radius 2 is 1.90 bits per heavy atom. The van der Waals surface area contributed by atoms with Gasteiger partial charge in [0.05, 0.1) is 18.4 Å². The number of aryl methyl sites for hydroxylation is 1. The van der Waals surface area contributed by atoms with E-state index in [2.05, 4.69) is 26.7 Å². The lowest BCUT2D eigenvalue weighted by molar-refractivity contribution is 0.102. The number of nitrogens with one attached hydrogen (secondary N) is 2. The number of hydrogen-bond acceptors (Lipinski definition) is 6.